The molecule has 1 aliphatic rings. The van der Waals surface area contributed by atoms with Gasteiger partial charge in [0.25, 0.3) is 5.56 Å². The molecule has 0 aliphatic heterocycles. The minimum Gasteiger partial charge on any atom is -0.440 e. The molecule has 3 aromatic rings. The molecule has 0 bridgehead atoms. The third-order valence-corrected chi connectivity index (χ3v) is 4.11. The van der Waals surface area contributed by atoms with E-state index in [-0.39, 0.29) is 12.5 Å². The van der Waals surface area contributed by atoms with E-state index in [1.165, 1.54) is 12.3 Å². The van der Waals surface area contributed by atoms with Crippen LogP contribution in [0.3, 0.4) is 0 Å². The zero-order valence-electron chi connectivity index (χ0n) is 13.8. The second kappa shape index (κ2) is 6.47. The predicted octanol–water partition coefficient (Wildman–Crippen LogP) is 1.71. The lowest BCUT2D eigenvalue weighted by Crippen LogP contribution is -2.32. The van der Waals surface area contributed by atoms with Crippen LogP contribution in [-0.4, -0.2) is 20.4 Å². The lowest BCUT2D eigenvalue weighted by Gasteiger charge is -2.07. The van der Waals surface area contributed by atoms with Gasteiger partial charge in [-0.2, -0.15) is 0 Å². The van der Waals surface area contributed by atoms with E-state index in [1.54, 1.807) is 18.3 Å². The molecule has 8 nitrogen and oxygen atoms in total. The Morgan fingerprint density at radius 2 is 2.00 bits per heavy atom. The Morgan fingerprint density at radius 3 is 2.69 bits per heavy atom. The molecule has 1 aromatic carbocycles. The first-order valence-electron chi connectivity index (χ1n) is 8.24. The average Bonchev–Trinajstić information content (AvgIpc) is 3.35. The van der Waals surface area contributed by atoms with Crippen molar-refractivity contribution in [3.8, 4) is 11.3 Å². The molecule has 0 spiro atoms. The van der Waals surface area contributed by atoms with Crippen LogP contribution in [0.5, 0.6) is 0 Å². The van der Waals surface area contributed by atoms with Crippen LogP contribution >= 0.6 is 0 Å². The van der Waals surface area contributed by atoms with Gasteiger partial charge in [-0.1, -0.05) is 0 Å². The Kier molecular flexibility index (Phi) is 4.00. The van der Waals surface area contributed by atoms with Gasteiger partial charge in [-0.3, -0.25) is 19.1 Å². The van der Waals surface area contributed by atoms with Crippen molar-refractivity contribution in [1.82, 2.24) is 14.5 Å². The number of H-pyrrole nitrogens is 1. The van der Waals surface area contributed by atoms with Crippen LogP contribution in [0.4, 0.5) is 5.69 Å². The van der Waals surface area contributed by atoms with Crippen molar-refractivity contribution in [2.75, 3.05) is 5.32 Å². The number of nitrogens with zero attached hydrogens (tertiary/aromatic N) is 2. The molecule has 0 unspecified atom stereocenters. The number of carbonyl (C=O) groups excluding carboxylic acids is 1. The highest BCUT2D eigenvalue weighted by Crippen LogP contribution is 2.40. The monoisotopic (exact) mass is 352 g/mol. The number of carbonyl (C=O) groups is 1. The number of hydrogen-bond acceptors (Lipinski definition) is 5. The van der Waals surface area contributed by atoms with Gasteiger partial charge < -0.3 is 9.73 Å². The maximum absolute atomic E-state index is 12.1. The predicted molar refractivity (Wildman–Crippen MR) is 93.9 cm³/mol. The lowest BCUT2D eigenvalue weighted by molar-refractivity contribution is -0.116. The fourth-order valence-electron chi connectivity index (χ4n) is 2.58. The Morgan fingerprint density at radius 1 is 1.23 bits per heavy atom. The quantitative estimate of drug-likeness (QED) is 0.726. The Bertz CT molecular complexity index is 1060. The highest BCUT2D eigenvalue weighted by atomic mass is 16.4. The molecule has 4 rings (SSSR count). The number of oxazole rings is 1. The van der Waals surface area contributed by atoms with Gasteiger partial charge in [0.15, 0.2) is 11.7 Å². The highest BCUT2D eigenvalue weighted by molar-refractivity contribution is 5.90. The number of hydrogen-bond donors (Lipinski definition) is 2. The summed E-state index contributed by atoms with van der Waals surface area (Å²) < 4.78 is 6.87. The van der Waals surface area contributed by atoms with Crippen molar-refractivity contribution in [2.45, 2.75) is 25.3 Å². The summed E-state index contributed by atoms with van der Waals surface area (Å²) in [5.74, 6) is 1.56. The summed E-state index contributed by atoms with van der Waals surface area (Å²) in [5, 5.41) is 2.71. The number of amides is 1. The van der Waals surface area contributed by atoms with Gasteiger partial charge in [0, 0.05) is 29.4 Å². The molecule has 1 aliphatic carbocycles. The third kappa shape index (κ3) is 3.49. The van der Waals surface area contributed by atoms with Crippen LogP contribution in [0.2, 0.25) is 0 Å². The molecular weight excluding hydrogens is 336 g/mol. The van der Waals surface area contributed by atoms with E-state index >= 15 is 0 Å². The van der Waals surface area contributed by atoms with Crippen LogP contribution < -0.4 is 16.6 Å². The Hall–Kier alpha value is -3.42. The van der Waals surface area contributed by atoms with Crippen molar-refractivity contribution in [3.05, 3.63) is 69.5 Å². The topological polar surface area (TPSA) is 110 Å². The minimum absolute atomic E-state index is 0.190. The third-order valence-electron chi connectivity index (χ3n) is 4.11. The number of nitrogens with one attached hydrogen (secondary N) is 2. The first kappa shape index (κ1) is 16.1. The van der Waals surface area contributed by atoms with Crippen LogP contribution in [-0.2, 0) is 11.3 Å². The number of aromatic nitrogens is 3. The van der Waals surface area contributed by atoms with E-state index in [1.807, 2.05) is 12.1 Å². The van der Waals surface area contributed by atoms with E-state index in [2.05, 4.69) is 15.3 Å². The normalized spacial score (nSPS) is 13.5. The molecule has 0 saturated heterocycles. The van der Waals surface area contributed by atoms with Crippen molar-refractivity contribution in [3.63, 3.8) is 0 Å². The van der Waals surface area contributed by atoms with E-state index in [0.717, 1.165) is 28.9 Å². The average molecular weight is 352 g/mol. The van der Waals surface area contributed by atoms with E-state index in [9.17, 15) is 14.4 Å². The molecule has 2 heterocycles. The summed E-state index contributed by atoms with van der Waals surface area (Å²) in [7, 11) is 0. The molecule has 0 atom stereocenters. The van der Waals surface area contributed by atoms with Gasteiger partial charge in [0.2, 0.25) is 5.91 Å². The maximum Gasteiger partial charge on any atom is 0.328 e. The fraction of sp³-hybridized carbons (Fsp3) is 0.222. The number of aromatic amines is 1. The van der Waals surface area contributed by atoms with E-state index in [0.29, 0.717) is 17.4 Å². The van der Waals surface area contributed by atoms with Crippen LogP contribution in [0.25, 0.3) is 11.3 Å². The highest BCUT2D eigenvalue weighted by Gasteiger charge is 2.28. The largest absolute Gasteiger partial charge is 0.440 e. The number of rotatable bonds is 5. The van der Waals surface area contributed by atoms with E-state index < -0.39 is 11.2 Å². The minimum atomic E-state index is -0.625. The van der Waals surface area contributed by atoms with Gasteiger partial charge in [0.1, 0.15) is 6.54 Å². The van der Waals surface area contributed by atoms with Gasteiger partial charge in [0.05, 0.1) is 6.20 Å². The van der Waals surface area contributed by atoms with Gasteiger partial charge in [-0.25, -0.2) is 9.78 Å². The second-order valence-corrected chi connectivity index (χ2v) is 6.20. The molecule has 1 fully saturated rings. The molecule has 26 heavy (non-hydrogen) atoms. The summed E-state index contributed by atoms with van der Waals surface area (Å²) in [6.45, 7) is -0.190. The van der Waals surface area contributed by atoms with Crippen molar-refractivity contribution in [1.29, 1.82) is 0 Å². The van der Waals surface area contributed by atoms with Crippen molar-refractivity contribution < 1.29 is 9.21 Å². The Balaban J connectivity index is 1.42. The molecule has 0 radical (unpaired) electrons. The zero-order chi connectivity index (χ0) is 18.1. The lowest BCUT2D eigenvalue weighted by atomic mass is 10.1. The summed E-state index contributed by atoms with van der Waals surface area (Å²) in [5.41, 5.74) is 0.344. The maximum atomic E-state index is 12.1. The van der Waals surface area contributed by atoms with Crippen LogP contribution in [0.15, 0.2) is 56.7 Å². The van der Waals surface area contributed by atoms with Gasteiger partial charge in [-0.15, -0.1) is 0 Å². The van der Waals surface area contributed by atoms with Gasteiger partial charge >= 0.3 is 5.69 Å². The standard InChI is InChI=1S/C18H16N4O4/c23-15-7-8-22(18(25)21-15)10-16(24)20-13-5-3-11(4-6-13)14-9-19-17(26-14)12-1-2-12/h3-9,12H,1-2,10H2,(H,20,24)(H,21,23,25). The SMILES string of the molecule is O=C(Cn1ccc(=O)[nH]c1=O)Nc1ccc(-c2cnc(C3CC3)o2)cc1. The fourth-order valence-corrected chi connectivity index (χ4v) is 2.58. The molecule has 1 saturated carbocycles. The first-order valence-corrected chi connectivity index (χ1v) is 8.24. The van der Waals surface area contributed by atoms with Gasteiger partial charge in [-0.05, 0) is 37.1 Å². The smallest absolute Gasteiger partial charge is 0.328 e. The zero-order valence-corrected chi connectivity index (χ0v) is 13.8. The van der Waals surface area contributed by atoms with Crippen LogP contribution in [0.1, 0.15) is 24.7 Å². The van der Waals surface area contributed by atoms with E-state index in [4.69, 9.17) is 4.42 Å². The molecule has 132 valence electrons. The first-order chi connectivity index (χ1) is 12.6. The Labute approximate surface area is 147 Å². The van der Waals surface area contributed by atoms with Crippen molar-refractivity contribution >= 4 is 11.6 Å². The molecule has 1 amide bonds. The molecular formula is C18H16N4O4. The summed E-state index contributed by atoms with van der Waals surface area (Å²) in [6.07, 6.45) is 5.25. The summed E-state index contributed by atoms with van der Waals surface area (Å²) in [4.78, 5) is 41.1. The number of anilines is 1. The molecule has 8 heteroatoms. The van der Waals surface area contributed by atoms with Crippen molar-refractivity contribution in [2.24, 2.45) is 0 Å². The summed E-state index contributed by atoms with van der Waals surface area (Å²) in [6, 6.07) is 8.36. The number of benzene rings is 1. The van der Waals surface area contributed by atoms with Crippen LogP contribution in [0, 0.1) is 0 Å². The molecule has 2 aromatic heterocycles. The second-order valence-electron chi connectivity index (χ2n) is 6.20. The molecule has 2 N–H and O–H groups in total. The summed E-state index contributed by atoms with van der Waals surface area (Å²) >= 11 is 0.